The van der Waals surface area contributed by atoms with Crippen LogP contribution in [0.2, 0.25) is 0 Å². The molecular formula is C48H61N3O9S. The lowest BCUT2D eigenvalue weighted by molar-refractivity contribution is -0.152. The van der Waals surface area contributed by atoms with Gasteiger partial charge in [-0.1, -0.05) is 82.7 Å². The van der Waals surface area contributed by atoms with E-state index >= 15 is 0 Å². The summed E-state index contributed by atoms with van der Waals surface area (Å²) in [5, 5.41) is 0.214. The van der Waals surface area contributed by atoms with Gasteiger partial charge >= 0.3 is 5.97 Å². The number of methoxy groups -OCH3 is 1. The molecule has 1 aromatic heterocycles. The Hall–Kier alpha value is -4.52. The van der Waals surface area contributed by atoms with Crippen molar-refractivity contribution >= 4 is 44.5 Å². The predicted octanol–water partition coefficient (Wildman–Crippen LogP) is 7.88. The first-order valence-corrected chi connectivity index (χ1v) is 24.1. The minimum Gasteiger partial charge on any atom is -0.496 e. The van der Waals surface area contributed by atoms with Gasteiger partial charge in [0, 0.05) is 41.8 Å². The van der Waals surface area contributed by atoms with Crippen LogP contribution >= 0.6 is 0 Å². The largest absolute Gasteiger partial charge is 0.496 e. The molecule has 3 aromatic rings. The molecule has 12 nitrogen and oxygen atoms in total. The number of cyclic esters (lactones) is 1. The molecule has 5 aliphatic rings. The number of fused-ring (bicyclic) bond motifs is 4. The number of rotatable bonds is 5. The van der Waals surface area contributed by atoms with E-state index in [2.05, 4.69) is 24.6 Å². The number of amides is 2. The van der Waals surface area contributed by atoms with Crippen LogP contribution < -0.4 is 14.2 Å². The zero-order valence-electron chi connectivity index (χ0n) is 35.9. The molecule has 2 aromatic carbocycles. The maximum Gasteiger partial charge on any atom is 0.306 e. The molecule has 13 heteroatoms. The van der Waals surface area contributed by atoms with Gasteiger partial charge in [-0.15, -0.1) is 0 Å². The number of Topliss-reactive ketones (excluding diaryl/α,β-unsaturated/α-hetero) is 1. The zero-order chi connectivity index (χ0) is 42.9. The highest BCUT2D eigenvalue weighted by atomic mass is 32.2. The maximum absolute atomic E-state index is 14.9. The van der Waals surface area contributed by atoms with Crippen LogP contribution in [0.3, 0.4) is 0 Å². The number of hydrogen-bond acceptors (Lipinski definition) is 10. The van der Waals surface area contributed by atoms with Crippen LogP contribution in [0.15, 0.2) is 48.5 Å². The molecule has 0 unspecified atom stereocenters. The molecule has 61 heavy (non-hydrogen) atoms. The Balaban J connectivity index is 1.18. The van der Waals surface area contributed by atoms with Gasteiger partial charge in [0.1, 0.15) is 17.6 Å². The van der Waals surface area contributed by atoms with Crippen molar-refractivity contribution in [1.82, 2.24) is 14.6 Å². The van der Waals surface area contributed by atoms with E-state index in [1.165, 1.54) is 0 Å². The Morgan fingerprint density at radius 2 is 1.69 bits per heavy atom. The van der Waals surface area contributed by atoms with Crippen molar-refractivity contribution in [3.63, 3.8) is 0 Å². The molecule has 1 N–H and O–H groups in total. The number of sulfonamides is 1. The normalized spacial score (nSPS) is 28.0. The van der Waals surface area contributed by atoms with E-state index in [0.29, 0.717) is 42.6 Å². The highest BCUT2D eigenvalue weighted by molar-refractivity contribution is 7.90. The van der Waals surface area contributed by atoms with E-state index in [9.17, 15) is 27.6 Å². The SMILES string of the molecule is COc1cc2nc(-c3ccccc3)cc3c2cc1CCCCC(C)(C)COC(=O)C[C@H]1CCCCCCC[C@H]2C[C@@]2(C(=O)NS(=O)(=O)C2CC2)CC(=O)[C@@H]2C[C@H](CN2C1=O)O3. The number of nitrogens with zero attached hydrogens (tertiary/aromatic N) is 2. The van der Waals surface area contributed by atoms with Gasteiger partial charge in [0.05, 0.1) is 54.6 Å². The lowest BCUT2D eigenvalue weighted by Gasteiger charge is -2.29. The Labute approximate surface area is 359 Å². The highest BCUT2D eigenvalue weighted by Gasteiger charge is 2.62. The molecule has 8 rings (SSSR count). The fraction of sp³-hybridized carbons (Fsp3) is 0.604. The van der Waals surface area contributed by atoms with Gasteiger partial charge in [0.25, 0.3) is 0 Å². The molecular weight excluding hydrogens is 795 g/mol. The van der Waals surface area contributed by atoms with E-state index < -0.39 is 50.6 Å². The second-order valence-electron chi connectivity index (χ2n) is 19.2. The van der Waals surface area contributed by atoms with E-state index in [0.717, 1.165) is 86.5 Å². The summed E-state index contributed by atoms with van der Waals surface area (Å²) in [6.45, 7) is 4.51. The number of pyridine rings is 1. The Morgan fingerprint density at radius 3 is 2.44 bits per heavy atom. The van der Waals surface area contributed by atoms with Crippen LogP contribution in [0.1, 0.15) is 122 Å². The van der Waals surface area contributed by atoms with Crippen molar-refractivity contribution in [3.05, 3.63) is 54.1 Å². The fourth-order valence-corrected chi connectivity index (χ4v) is 11.3. The molecule has 2 amide bonds. The van der Waals surface area contributed by atoms with Crippen molar-refractivity contribution in [2.45, 2.75) is 140 Å². The number of aryl methyl sites for hydroxylation is 1. The summed E-state index contributed by atoms with van der Waals surface area (Å²) < 4.78 is 47.2. The van der Waals surface area contributed by atoms with Crippen molar-refractivity contribution in [1.29, 1.82) is 0 Å². The molecule has 5 atom stereocenters. The third-order valence-corrected chi connectivity index (χ3v) is 15.7. The maximum atomic E-state index is 14.9. The van der Waals surface area contributed by atoms with Crippen LogP contribution in [0.5, 0.6) is 11.5 Å². The van der Waals surface area contributed by atoms with Crippen molar-refractivity contribution in [2.75, 3.05) is 20.3 Å². The fourth-order valence-electron chi connectivity index (χ4n) is 9.96. The summed E-state index contributed by atoms with van der Waals surface area (Å²) in [6.07, 6.45) is 9.66. The van der Waals surface area contributed by atoms with Gasteiger partial charge in [-0.2, -0.15) is 0 Å². The Kier molecular flexibility index (Phi) is 12.5. The average molecular weight is 856 g/mol. The molecule has 328 valence electrons. The predicted molar refractivity (Wildman–Crippen MR) is 231 cm³/mol. The van der Waals surface area contributed by atoms with Gasteiger partial charge in [-0.3, -0.25) is 23.9 Å². The number of ketones is 1. The summed E-state index contributed by atoms with van der Waals surface area (Å²) in [4.78, 5) is 64.0. The molecule has 4 fully saturated rings. The molecule has 4 heterocycles. The first-order valence-electron chi connectivity index (χ1n) is 22.5. The van der Waals surface area contributed by atoms with Crippen LogP contribution in [0.25, 0.3) is 22.2 Å². The monoisotopic (exact) mass is 855 g/mol. The second kappa shape index (κ2) is 17.7. The molecule has 2 saturated heterocycles. The van der Waals surface area contributed by atoms with Crippen molar-refractivity contribution in [2.24, 2.45) is 22.7 Å². The lowest BCUT2D eigenvalue weighted by atomic mass is 9.87. The number of benzene rings is 2. The molecule has 2 saturated carbocycles. The number of esters is 1. The molecule has 0 radical (unpaired) electrons. The van der Waals surface area contributed by atoms with Crippen molar-refractivity contribution in [3.8, 4) is 22.8 Å². The van der Waals surface area contributed by atoms with Gasteiger partial charge in [0.15, 0.2) is 5.78 Å². The van der Waals surface area contributed by atoms with Crippen LogP contribution in [-0.2, 0) is 40.4 Å². The van der Waals surface area contributed by atoms with E-state index in [1.54, 1.807) is 12.0 Å². The molecule has 0 spiro atoms. The smallest absolute Gasteiger partial charge is 0.306 e. The third kappa shape index (κ3) is 9.76. The van der Waals surface area contributed by atoms with E-state index in [1.807, 2.05) is 42.5 Å². The molecule has 3 aliphatic heterocycles. The lowest BCUT2D eigenvalue weighted by Crippen LogP contribution is -2.46. The summed E-state index contributed by atoms with van der Waals surface area (Å²) in [6, 6.07) is 14.8. The topological polar surface area (TPSA) is 158 Å². The average Bonchev–Trinajstić information content (AvgIpc) is 4.17. The van der Waals surface area contributed by atoms with Crippen LogP contribution in [-0.4, -0.2) is 79.5 Å². The highest BCUT2D eigenvalue weighted by Crippen LogP contribution is 2.59. The second-order valence-corrected chi connectivity index (χ2v) is 21.1. The molecule has 5 bridgehead atoms. The first-order chi connectivity index (χ1) is 29.2. The van der Waals surface area contributed by atoms with Crippen LogP contribution in [0.4, 0.5) is 0 Å². The number of nitrogens with one attached hydrogen (secondary N) is 1. The summed E-state index contributed by atoms with van der Waals surface area (Å²) in [5.41, 5.74) is 1.86. The summed E-state index contributed by atoms with van der Waals surface area (Å²) in [7, 11) is -2.18. The number of carbonyl (C=O) groups excluding carboxylic acids is 4. The van der Waals surface area contributed by atoms with Gasteiger partial charge in [0.2, 0.25) is 21.8 Å². The van der Waals surface area contributed by atoms with Crippen LogP contribution in [0, 0.1) is 22.7 Å². The number of ether oxygens (including phenoxy) is 3. The number of aromatic nitrogens is 1. The van der Waals surface area contributed by atoms with Gasteiger partial charge in [-0.25, -0.2) is 13.4 Å². The van der Waals surface area contributed by atoms with E-state index in [4.69, 9.17) is 19.2 Å². The Bertz CT molecular complexity index is 2260. The number of hydrogen-bond donors (Lipinski definition) is 1. The minimum atomic E-state index is -3.83. The van der Waals surface area contributed by atoms with Gasteiger partial charge in [-0.05, 0) is 74.3 Å². The standard InChI is InChI=1S/C48H61N3O9S/c1-47(2)21-13-12-16-32-22-37-39(26-42(32)58-3)49-38(31-14-9-7-10-15-31)25-43(37)60-35-24-40-41(52)28-48(46(55)50-61(56,57)36-19-20-36)27-34(48)18-11-6-4-5-8-17-33(23-44(53)59-30-47)45(54)51(40)29-35/h7,9-10,14-15,22,25-26,33-36,40H,4-6,8,11-13,16-21,23-24,27-30H2,1-3H3,(H,50,55)/t33-,34+,35-,40+,48-/m1/s1. The zero-order valence-corrected chi connectivity index (χ0v) is 36.7. The Morgan fingerprint density at radius 1 is 0.934 bits per heavy atom. The first kappa shape index (κ1) is 43.1. The minimum absolute atomic E-state index is 0.0949. The third-order valence-electron chi connectivity index (χ3n) is 13.9. The quantitative estimate of drug-likeness (QED) is 0.250. The summed E-state index contributed by atoms with van der Waals surface area (Å²) >= 11 is 0. The van der Waals surface area contributed by atoms with Crippen molar-refractivity contribution < 1.29 is 41.8 Å². The van der Waals surface area contributed by atoms with E-state index in [-0.39, 0.29) is 55.4 Å². The molecule has 2 aliphatic carbocycles. The van der Waals surface area contributed by atoms with Gasteiger partial charge < -0.3 is 19.1 Å². The number of carbonyl (C=O) groups is 4. The summed E-state index contributed by atoms with van der Waals surface area (Å²) in [5.74, 6) is -1.16.